The van der Waals surface area contributed by atoms with E-state index < -0.39 is 23.7 Å². The van der Waals surface area contributed by atoms with E-state index in [4.69, 9.17) is 5.11 Å². The van der Waals surface area contributed by atoms with E-state index in [2.05, 4.69) is 4.74 Å². The standard InChI is InChI=1S/C9H8F4O2/c1-15-7-3-2-5(4-6(7)10)8(14)9(11,12)13/h2-4,8,14H,1H3/t8-/m1/s1. The van der Waals surface area contributed by atoms with Crippen molar-refractivity contribution in [2.75, 3.05) is 7.11 Å². The Morgan fingerprint density at radius 2 is 1.93 bits per heavy atom. The Hall–Kier alpha value is -1.30. The SMILES string of the molecule is COc1ccc([C@@H](O)C(F)(F)F)cc1F. The maximum atomic E-state index is 13.0. The smallest absolute Gasteiger partial charge is 0.418 e. The van der Waals surface area contributed by atoms with E-state index in [-0.39, 0.29) is 5.75 Å². The Balaban J connectivity index is 3.02. The van der Waals surface area contributed by atoms with Crippen LogP contribution in [0.4, 0.5) is 17.6 Å². The van der Waals surface area contributed by atoms with E-state index in [9.17, 15) is 17.6 Å². The number of rotatable bonds is 2. The van der Waals surface area contributed by atoms with E-state index in [0.717, 1.165) is 12.1 Å². The Morgan fingerprint density at radius 1 is 1.33 bits per heavy atom. The highest BCUT2D eigenvalue weighted by atomic mass is 19.4. The van der Waals surface area contributed by atoms with Crippen LogP contribution in [0.2, 0.25) is 0 Å². The number of aliphatic hydroxyl groups is 1. The number of hydrogen-bond donors (Lipinski definition) is 1. The second-order valence-electron chi connectivity index (χ2n) is 2.84. The normalized spacial score (nSPS) is 13.7. The number of aliphatic hydroxyl groups excluding tert-OH is 1. The minimum Gasteiger partial charge on any atom is -0.494 e. The fourth-order valence-electron chi connectivity index (χ4n) is 1.04. The van der Waals surface area contributed by atoms with Crippen LogP contribution < -0.4 is 4.74 Å². The summed E-state index contributed by atoms with van der Waals surface area (Å²) in [5.41, 5.74) is -0.555. The van der Waals surface area contributed by atoms with E-state index >= 15 is 0 Å². The molecule has 0 fully saturated rings. The van der Waals surface area contributed by atoms with Gasteiger partial charge in [-0.15, -0.1) is 0 Å². The van der Waals surface area contributed by atoms with Crippen LogP contribution in [0.3, 0.4) is 0 Å². The second-order valence-corrected chi connectivity index (χ2v) is 2.84. The summed E-state index contributed by atoms with van der Waals surface area (Å²) >= 11 is 0. The van der Waals surface area contributed by atoms with Gasteiger partial charge < -0.3 is 9.84 Å². The lowest BCUT2D eigenvalue weighted by Gasteiger charge is -2.15. The highest BCUT2D eigenvalue weighted by Gasteiger charge is 2.39. The van der Waals surface area contributed by atoms with Gasteiger partial charge in [-0.3, -0.25) is 0 Å². The van der Waals surface area contributed by atoms with Crippen molar-refractivity contribution in [3.05, 3.63) is 29.6 Å². The van der Waals surface area contributed by atoms with Crippen LogP contribution >= 0.6 is 0 Å². The zero-order valence-electron chi connectivity index (χ0n) is 7.68. The summed E-state index contributed by atoms with van der Waals surface area (Å²) in [7, 11) is 1.19. The van der Waals surface area contributed by atoms with E-state index in [1.165, 1.54) is 7.11 Å². The third-order valence-electron chi connectivity index (χ3n) is 1.80. The summed E-state index contributed by atoms with van der Waals surface area (Å²) < 4.78 is 53.7. The molecule has 0 aromatic heterocycles. The van der Waals surface area contributed by atoms with Crippen LogP contribution in [0, 0.1) is 5.82 Å². The van der Waals surface area contributed by atoms with Crippen LogP contribution in [-0.4, -0.2) is 18.4 Å². The van der Waals surface area contributed by atoms with Crippen LogP contribution in [0.5, 0.6) is 5.75 Å². The summed E-state index contributed by atoms with van der Waals surface area (Å²) in [6, 6.07) is 2.58. The maximum Gasteiger partial charge on any atom is 0.418 e. The second kappa shape index (κ2) is 4.06. The molecular formula is C9H8F4O2. The Bertz CT molecular complexity index is 348. The van der Waals surface area contributed by atoms with Crippen LogP contribution in [-0.2, 0) is 0 Å². The van der Waals surface area contributed by atoms with Crippen molar-refractivity contribution in [2.45, 2.75) is 12.3 Å². The zero-order valence-corrected chi connectivity index (χ0v) is 7.68. The van der Waals surface area contributed by atoms with E-state index in [1.54, 1.807) is 0 Å². The van der Waals surface area contributed by atoms with Crippen molar-refractivity contribution in [2.24, 2.45) is 0 Å². The summed E-state index contributed by atoms with van der Waals surface area (Å²) in [6.07, 6.45) is -7.49. The van der Waals surface area contributed by atoms with Crippen molar-refractivity contribution in [1.82, 2.24) is 0 Å². The Labute approximate surface area is 83.1 Å². The summed E-state index contributed by atoms with van der Waals surface area (Å²) in [4.78, 5) is 0. The lowest BCUT2D eigenvalue weighted by atomic mass is 10.1. The van der Waals surface area contributed by atoms with Gasteiger partial charge in [-0.2, -0.15) is 13.2 Å². The van der Waals surface area contributed by atoms with Gasteiger partial charge in [0.05, 0.1) is 7.11 Å². The van der Waals surface area contributed by atoms with Crippen LogP contribution in [0.15, 0.2) is 18.2 Å². The van der Waals surface area contributed by atoms with Crippen LogP contribution in [0.25, 0.3) is 0 Å². The molecule has 0 aliphatic heterocycles. The van der Waals surface area contributed by atoms with Gasteiger partial charge in [-0.05, 0) is 17.7 Å². The molecule has 0 saturated heterocycles. The zero-order chi connectivity index (χ0) is 11.6. The third kappa shape index (κ3) is 2.59. The number of methoxy groups -OCH3 is 1. The van der Waals surface area contributed by atoms with Gasteiger partial charge in [0.15, 0.2) is 17.7 Å². The molecule has 0 aliphatic rings. The molecular weight excluding hydrogens is 216 g/mol. The molecule has 0 aliphatic carbocycles. The molecule has 0 unspecified atom stereocenters. The largest absolute Gasteiger partial charge is 0.494 e. The fourth-order valence-corrected chi connectivity index (χ4v) is 1.04. The number of hydrogen-bond acceptors (Lipinski definition) is 2. The predicted octanol–water partition coefficient (Wildman–Crippen LogP) is 2.43. The first-order valence-electron chi connectivity index (χ1n) is 3.94. The van der Waals surface area contributed by atoms with Gasteiger partial charge in [0.1, 0.15) is 0 Å². The first-order valence-corrected chi connectivity index (χ1v) is 3.94. The van der Waals surface area contributed by atoms with Gasteiger partial charge in [0.2, 0.25) is 0 Å². The van der Waals surface area contributed by atoms with Gasteiger partial charge in [0.25, 0.3) is 0 Å². The molecule has 1 aromatic rings. The number of ether oxygens (including phenoxy) is 1. The average molecular weight is 224 g/mol. The van der Waals surface area contributed by atoms with Crippen molar-refractivity contribution in [1.29, 1.82) is 0 Å². The molecule has 2 nitrogen and oxygen atoms in total. The first kappa shape index (κ1) is 11.8. The van der Waals surface area contributed by atoms with Gasteiger partial charge >= 0.3 is 6.18 Å². The van der Waals surface area contributed by atoms with Gasteiger partial charge in [-0.1, -0.05) is 6.07 Å². The van der Waals surface area contributed by atoms with Crippen LogP contribution in [0.1, 0.15) is 11.7 Å². The molecule has 1 rings (SSSR count). The lowest BCUT2D eigenvalue weighted by Crippen LogP contribution is -2.20. The summed E-state index contributed by atoms with van der Waals surface area (Å²) in [5.74, 6) is -1.12. The molecule has 6 heteroatoms. The third-order valence-corrected chi connectivity index (χ3v) is 1.80. The minimum absolute atomic E-state index is 0.173. The molecule has 15 heavy (non-hydrogen) atoms. The van der Waals surface area contributed by atoms with E-state index in [0.29, 0.717) is 6.07 Å². The quantitative estimate of drug-likeness (QED) is 0.782. The summed E-state index contributed by atoms with van der Waals surface area (Å²) in [5, 5.41) is 8.81. The van der Waals surface area contributed by atoms with Gasteiger partial charge in [0, 0.05) is 0 Å². The molecule has 84 valence electrons. The van der Waals surface area contributed by atoms with Crippen molar-refractivity contribution in [3.8, 4) is 5.75 Å². The number of halogens is 4. The minimum atomic E-state index is -4.80. The Morgan fingerprint density at radius 3 is 2.33 bits per heavy atom. The number of benzene rings is 1. The van der Waals surface area contributed by atoms with Crippen molar-refractivity contribution in [3.63, 3.8) is 0 Å². The maximum absolute atomic E-state index is 13.0. The van der Waals surface area contributed by atoms with Crippen molar-refractivity contribution < 1.29 is 27.4 Å². The molecule has 0 amide bonds. The molecule has 0 spiro atoms. The topological polar surface area (TPSA) is 29.5 Å². The lowest BCUT2D eigenvalue weighted by molar-refractivity contribution is -0.206. The first-order chi connectivity index (χ1) is 6.86. The monoisotopic (exact) mass is 224 g/mol. The highest BCUT2D eigenvalue weighted by Crippen LogP contribution is 2.33. The van der Waals surface area contributed by atoms with E-state index in [1.807, 2.05) is 0 Å². The summed E-state index contributed by atoms with van der Waals surface area (Å²) in [6.45, 7) is 0. The number of alkyl halides is 3. The predicted molar refractivity (Wildman–Crippen MR) is 44.0 cm³/mol. The molecule has 0 bridgehead atoms. The average Bonchev–Trinajstić information content (AvgIpc) is 2.15. The molecule has 0 radical (unpaired) electrons. The fraction of sp³-hybridized carbons (Fsp3) is 0.333. The molecule has 1 aromatic carbocycles. The molecule has 1 N–H and O–H groups in total. The highest BCUT2D eigenvalue weighted by molar-refractivity contribution is 5.30. The molecule has 0 saturated carbocycles. The van der Waals surface area contributed by atoms with Crippen molar-refractivity contribution >= 4 is 0 Å². The van der Waals surface area contributed by atoms with Gasteiger partial charge in [-0.25, -0.2) is 4.39 Å². The Kier molecular flexibility index (Phi) is 3.18. The molecule has 1 atom stereocenters. The molecule has 0 heterocycles.